The third kappa shape index (κ3) is 5.47. The summed E-state index contributed by atoms with van der Waals surface area (Å²) in [5, 5.41) is 3.30. The summed E-state index contributed by atoms with van der Waals surface area (Å²) in [7, 11) is -3.62. The Labute approximate surface area is 153 Å². The van der Waals surface area contributed by atoms with Crippen molar-refractivity contribution in [1.82, 2.24) is 5.32 Å². The van der Waals surface area contributed by atoms with Crippen LogP contribution in [0.15, 0.2) is 54.6 Å². The quantitative estimate of drug-likeness (QED) is 0.800. The largest absolute Gasteiger partial charge is 0.348 e. The lowest BCUT2D eigenvalue weighted by Gasteiger charge is -2.24. The average molecular weight is 381 g/mol. The predicted octanol–water partition coefficient (Wildman–Crippen LogP) is 3.37. The molecule has 0 unspecified atom stereocenters. The normalized spacial score (nSPS) is 12.4. The van der Waals surface area contributed by atoms with Gasteiger partial charge >= 0.3 is 0 Å². The summed E-state index contributed by atoms with van der Waals surface area (Å²) in [5.74, 6) is -0.374. The summed E-state index contributed by atoms with van der Waals surface area (Å²) in [6.45, 7) is 1.66. The first-order valence-corrected chi connectivity index (χ1v) is 10.1. The van der Waals surface area contributed by atoms with Crippen LogP contribution in [0.3, 0.4) is 0 Å². The number of benzene rings is 2. The van der Waals surface area contributed by atoms with Gasteiger partial charge in [0.05, 0.1) is 18.0 Å². The van der Waals surface area contributed by atoms with E-state index in [-0.39, 0.29) is 18.5 Å². The molecule has 5 nitrogen and oxygen atoms in total. The number of rotatable bonds is 7. The zero-order valence-corrected chi connectivity index (χ0v) is 15.7. The number of carbonyl (C=O) groups excluding carboxylic acids is 1. The molecule has 25 heavy (non-hydrogen) atoms. The second-order valence-electron chi connectivity index (χ2n) is 5.69. The number of anilines is 1. The molecule has 0 saturated carbocycles. The summed E-state index contributed by atoms with van der Waals surface area (Å²) in [6, 6.07) is 15.8. The highest BCUT2D eigenvalue weighted by molar-refractivity contribution is 7.92. The summed E-state index contributed by atoms with van der Waals surface area (Å²) in [6.07, 6.45) is 1.77. The monoisotopic (exact) mass is 380 g/mol. The Balaban J connectivity index is 2.17. The molecule has 0 aliphatic carbocycles. The maximum atomic E-state index is 12.5. The van der Waals surface area contributed by atoms with Crippen LogP contribution < -0.4 is 9.62 Å². The first-order chi connectivity index (χ1) is 11.8. The van der Waals surface area contributed by atoms with Crippen LogP contribution in [0.4, 0.5) is 5.69 Å². The number of amides is 1. The third-order valence-corrected chi connectivity index (χ3v) is 5.10. The molecule has 0 heterocycles. The number of nitrogens with one attached hydrogen (secondary N) is 1. The zero-order chi connectivity index (χ0) is 18.4. The molecule has 1 atom stereocenters. The molecule has 0 aromatic heterocycles. The lowest BCUT2D eigenvalue weighted by Crippen LogP contribution is -2.41. The molecule has 2 aromatic rings. The Morgan fingerprint density at radius 1 is 1.16 bits per heavy atom. The molecule has 2 aromatic carbocycles. The van der Waals surface area contributed by atoms with Gasteiger partial charge < -0.3 is 5.32 Å². The molecular weight excluding hydrogens is 360 g/mol. The minimum Gasteiger partial charge on any atom is -0.348 e. The van der Waals surface area contributed by atoms with E-state index in [1.54, 1.807) is 18.2 Å². The average Bonchev–Trinajstić information content (AvgIpc) is 2.57. The Hall–Kier alpha value is -2.05. The van der Waals surface area contributed by atoms with Crippen LogP contribution >= 0.6 is 11.6 Å². The van der Waals surface area contributed by atoms with E-state index in [2.05, 4.69) is 5.32 Å². The summed E-state index contributed by atoms with van der Waals surface area (Å²) >= 11 is 5.94. The maximum absolute atomic E-state index is 12.5. The lowest BCUT2D eigenvalue weighted by atomic mass is 10.0. The minimum absolute atomic E-state index is 0.172. The van der Waals surface area contributed by atoms with Crippen molar-refractivity contribution in [2.75, 3.05) is 17.1 Å². The first-order valence-electron chi connectivity index (χ1n) is 7.89. The van der Waals surface area contributed by atoms with E-state index in [0.29, 0.717) is 17.1 Å². The molecule has 134 valence electrons. The van der Waals surface area contributed by atoms with E-state index >= 15 is 0 Å². The van der Waals surface area contributed by atoms with E-state index in [0.717, 1.165) is 16.1 Å². The van der Waals surface area contributed by atoms with Gasteiger partial charge in [0.1, 0.15) is 6.54 Å². The van der Waals surface area contributed by atoms with Gasteiger partial charge in [-0.05, 0) is 30.2 Å². The number of hydrogen-bond acceptors (Lipinski definition) is 3. The van der Waals surface area contributed by atoms with Gasteiger partial charge in [0, 0.05) is 5.02 Å². The van der Waals surface area contributed by atoms with Crippen molar-refractivity contribution >= 4 is 33.2 Å². The fraction of sp³-hybridized carbons (Fsp3) is 0.278. The Bertz CT molecular complexity index is 825. The Morgan fingerprint density at radius 3 is 2.40 bits per heavy atom. The van der Waals surface area contributed by atoms with Gasteiger partial charge in [-0.15, -0.1) is 0 Å². The number of hydrogen-bond donors (Lipinski definition) is 1. The van der Waals surface area contributed by atoms with Crippen LogP contribution in [-0.2, 0) is 14.8 Å². The van der Waals surface area contributed by atoms with E-state index < -0.39 is 10.0 Å². The highest BCUT2D eigenvalue weighted by Gasteiger charge is 2.22. The van der Waals surface area contributed by atoms with Crippen molar-refractivity contribution in [2.45, 2.75) is 19.4 Å². The van der Waals surface area contributed by atoms with E-state index in [1.165, 1.54) is 6.07 Å². The van der Waals surface area contributed by atoms with Crippen LogP contribution in [0.5, 0.6) is 0 Å². The lowest BCUT2D eigenvalue weighted by molar-refractivity contribution is -0.120. The molecule has 7 heteroatoms. The number of halogens is 1. The van der Waals surface area contributed by atoms with Crippen molar-refractivity contribution < 1.29 is 13.2 Å². The SMILES string of the molecule is CC[C@H](NC(=O)CN(c1cccc(Cl)c1)S(C)(=O)=O)c1ccccc1. The van der Waals surface area contributed by atoms with E-state index in [1.807, 2.05) is 37.3 Å². The summed E-state index contributed by atoms with van der Waals surface area (Å²) < 4.78 is 25.3. The van der Waals surface area contributed by atoms with E-state index in [9.17, 15) is 13.2 Å². The topological polar surface area (TPSA) is 66.5 Å². The van der Waals surface area contributed by atoms with Crippen molar-refractivity contribution in [2.24, 2.45) is 0 Å². The van der Waals surface area contributed by atoms with Crippen LogP contribution in [-0.4, -0.2) is 27.1 Å². The number of nitrogens with zero attached hydrogens (tertiary/aromatic N) is 1. The number of sulfonamides is 1. The second-order valence-corrected chi connectivity index (χ2v) is 8.03. The van der Waals surface area contributed by atoms with Crippen LogP contribution in [0.25, 0.3) is 0 Å². The van der Waals surface area contributed by atoms with Gasteiger partial charge in [0.2, 0.25) is 15.9 Å². The van der Waals surface area contributed by atoms with Crippen LogP contribution in [0, 0.1) is 0 Å². The summed E-state index contributed by atoms with van der Waals surface area (Å²) in [5.41, 5.74) is 1.34. The standard InChI is InChI=1S/C18H21ClN2O3S/c1-3-17(14-8-5-4-6-9-14)20-18(22)13-21(25(2,23)24)16-11-7-10-15(19)12-16/h4-12,17H,3,13H2,1-2H3,(H,20,22)/t17-/m0/s1. The molecule has 0 spiro atoms. The van der Waals surface area contributed by atoms with Gasteiger partial charge in [-0.1, -0.05) is 54.9 Å². The molecule has 0 radical (unpaired) electrons. The van der Waals surface area contributed by atoms with Crippen LogP contribution in [0.2, 0.25) is 5.02 Å². The van der Waals surface area contributed by atoms with Gasteiger partial charge in [-0.3, -0.25) is 9.10 Å². The fourth-order valence-electron chi connectivity index (χ4n) is 2.51. The molecule has 1 N–H and O–H groups in total. The molecule has 1 amide bonds. The molecular formula is C18H21ClN2O3S. The maximum Gasteiger partial charge on any atom is 0.241 e. The third-order valence-electron chi connectivity index (χ3n) is 3.73. The Kier molecular flexibility index (Phi) is 6.45. The highest BCUT2D eigenvalue weighted by atomic mass is 35.5. The fourth-order valence-corrected chi connectivity index (χ4v) is 3.54. The van der Waals surface area contributed by atoms with Gasteiger partial charge in [0.25, 0.3) is 0 Å². The predicted molar refractivity (Wildman–Crippen MR) is 101 cm³/mol. The molecule has 0 fully saturated rings. The first kappa shape index (κ1) is 19.3. The van der Waals surface area contributed by atoms with Crippen molar-refractivity contribution in [3.8, 4) is 0 Å². The van der Waals surface area contributed by atoms with Gasteiger partial charge in [0.15, 0.2) is 0 Å². The molecule has 2 rings (SSSR count). The van der Waals surface area contributed by atoms with Gasteiger partial charge in [-0.2, -0.15) is 0 Å². The molecule has 0 aliphatic heterocycles. The molecule has 0 bridgehead atoms. The second kappa shape index (κ2) is 8.36. The molecule has 0 saturated heterocycles. The van der Waals surface area contributed by atoms with Crippen molar-refractivity contribution in [3.05, 3.63) is 65.2 Å². The smallest absolute Gasteiger partial charge is 0.241 e. The Morgan fingerprint density at radius 2 is 1.84 bits per heavy atom. The highest BCUT2D eigenvalue weighted by Crippen LogP contribution is 2.22. The van der Waals surface area contributed by atoms with Gasteiger partial charge in [-0.25, -0.2) is 8.42 Å². The zero-order valence-electron chi connectivity index (χ0n) is 14.1. The molecule has 0 aliphatic rings. The van der Waals surface area contributed by atoms with E-state index in [4.69, 9.17) is 11.6 Å². The minimum atomic E-state index is -3.62. The number of carbonyl (C=O) groups is 1. The van der Waals surface area contributed by atoms with Crippen LogP contribution in [0.1, 0.15) is 24.9 Å². The van der Waals surface area contributed by atoms with Crippen molar-refractivity contribution in [1.29, 1.82) is 0 Å². The van der Waals surface area contributed by atoms with Crippen molar-refractivity contribution in [3.63, 3.8) is 0 Å². The summed E-state index contributed by atoms with van der Waals surface area (Å²) in [4.78, 5) is 12.5.